The summed E-state index contributed by atoms with van der Waals surface area (Å²) in [4.78, 5) is 4.71. The fraction of sp³-hybridized carbons (Fsp3) is 0.667. The van der Waals surface area contributed by atoms with Gasteiger partial charge in [0.25, 0.3) is 0 Å². The van der Waals surface area contributed by atoms with Gasteiger partial charge >= 0.3 is 0 Å². The summed E-state index contributed by atoms with van der Waals surface area (Å²) < 4.78 is 0. The Labute approximate surface area is 115 Å². The van der Waals surface area contributed by atoms with Gasteiger partial charge in [0.15, 0.2) is 0 Å². The summed E-state index contributed by atoms with van der Waals surface area (Å²) in [5, 5.41) is 6.96. The van der Waals surface area contributed by atoms with Crippen LogP contribution >= 0.6 is 11.3 Å². The van der Waals surface area contributed by atoms with E-state index in [1.165, 1.54) is 30.0 Å². The number of nitrogens with zero attached hydrogens (tertiary/aromatic N) is 1. The topological polar surface area (TPSA) is 24.9 Å². The third-order valence-electron chi connectivity index (χ3n) is 3.41. The van der Waals surface area contributed by atoms with Gasteiger partial charge in [-0.05, 0) is 31.7 Å². The molecule has 18 heavy (non-hydrogen) atoms. The molecule has 0 saturated heterocycles. The van der Waals surface area contributed by atoms with Gasteiger partial charge in [0.1, 0.15) is 5.01 Å². The molecule has 1 atom stereocenters. The maximum atomic E-state index is 4.71. The maximum absolute atomic E-state index is 4.71. The van der Waals surface area contributed by atoms with E-state index in [9.17, 15) is 0 Å². The molecule has 1 aromatic rings. The number of allylic oxidation sites excluding steroid dienone is 2. The van der Waals surface area contributed by atoms with Crippen LogP contribution in [0.15, 0.2) is 17.5 Å². The van der Waals surface area contributed by atoms with Crippen LogP contribution in [0.3, 0.4) is 0 Å². The molecule has 100 valence electrons. The van der Waals surface area contributed by atoms with Gasteiger partial charge in [-0.3, -0.25) is 0 Å². The van der Waals surface area contributed by atoms with E-state index >= 15 is 0 Å². The van der Waals surface area contributed by atoms with Crippen molar-refractivity contribution in [2.75, 3.05) is 6.54 Å². The van der Waals surface area contributed by atoms with Crippen LogP contribution in [-0.2, 0) is 12.0 Å². The number of hydrogen-bond acceptors (Lipinski definition) is 3. The molecule has 0 saturated carbocycles. The van der Waals surface area contributed by atoms with Gasteiger partial charge in [0, 0.05) is 17.3 Å². The summed E-state index contributed by atoms with van der Waals surface area (Å²) >= 11 is 1.78. The van der Waals surface area contributed by atoms with Crippen molar-refractivity contribution in [2.24, 2.45) is 5.92 Å². The average molecular weight is 264 g/mol. The van der Waals surface area contributed by atoms with Crippen LogP contribution in [0.5, 0.6) is 0 Å². The minimum Gasteiger partial charge on any atom is -0.310 e. The van der Waals surface area contributed by atoms with E-state index < -0.39 is 0 Å². The molecule has 0 bridgehead atoms. The molecule has 1 unspecified atom stereocenters. The predicted molar refractivity (Wildman–Crippen MR) is 79.0 cm³/mol. The average Bonchev–Trinajstić information content (AvgIpc) is 2.79. The maximum Gasteiger partial charge on any atom is 0.107 e. The van der Waals surface area contributed by atoms with Crippen molar-refractivity contribution in [3.63, 3.8) is 0 Å². The first-order chi connectivity index (χ1) is 8.55. The van der Waals surface area contributed by atoms with Crippen molar-refractivity contribution in [1.82, 2.24) is 10.3 Å². The Kier molecular flexibility index (Phi) is 4.57. The summed E-state index contributed by atoms with van der Waals surface area (Å²) in [6.45, 7) is 8.69. The van der Waals surface area contributed by atoms with Crippen molar-refractivity contribution in [3.05, 3.63) is 28.2 Å². The Morgan fingerprint density at radius 2 is 2.22 bits per heavy atom. The molecule has 0 amide bonds. The molecule has 1 heterocycles. The zero-order chi connectivity index (χ0) is 13.0. The first-order valence-corrected chi connectivity index (χ1v) is 7.74. The lowest BCUT2D eigenvalue weighted by atomic mass is 9.93. The quantitative estimate of drug-likeness (QED) is 0.835. The first kappa shape index (κ1) is 13.8. The van der Waals surface area contributed by atoms with E-state index in [1.54, 1.807) is 11.3 Å². The van der Waals surface area contributed by atoms with Gasteiger partial charge in [-0.25, -0.2) is 4.98 Å². The normalized spacial score (nSPS) is 20.3. The Balaban J connectivity index is 1.76. The molecule has 1 N–H and O–H groups in total. The largest absolute Gasteiger partial charge is 0.310 e. The minimum atomic E-state index is 0.170. The highest BCUT2D eigenvalue weighted by Gasteiger charge is 2.17. The first-order valence-electron chi connectivity index (χ1n) is 6.86. The van der Waals surface area contributed by atoms with Crippen molar-refractivity contribution in [3.8, 4) is 0 Å². The fourth-order valence-corrected chi connectivity index (χ4v) is 3.15. The minimum absolute atomic E-state index is 0.170. The third kappa shape index (κ3) is 3.92. The van der Waals surface area contributed by atoms with Gasteiger partial charge < -0.3 is 5.32 Å². The number of rotatable bonds is 4. The standard InChI is InChI=1S/C15H24N2S/c1-15(2,3)13-11-18-14(17-13)10-16-9-12-7-5-4-6-8-12/h4-5,11-12,16H,6-10H2,1-3H3. The van der Waals surface area contributed by atoms with Gasteiger partial charge in [0.2, 0.25) is 0 Å². The smallest absolute Gasteiger partial charge is 0.107 e. The van der Waals surface area contributed by atoms with Crippen LogP contribution in [0.25, 0.3) is 0 Å². The molecule has 0 fully saturated rings. The molecular weight excluding hydrogens is 240 g/mol. The molecule has 1 aliphatic carbocycles. The molecule has 0 radical (unpaired) electrons. The lowest BCUT2D eigenvalue weighted by Gasteiger charge is -2.17. The van der Waals surface area contributed by atoms with E-state index in [1.807, 2.05) is 0 Å². The molecular formula is C15H24N2S. The molecule has 0 spiro atoms. The molecule has 3 heteroatoms. The highest BCUT2D eigenvalue weighted by molar-refractivity contribution is 7.09. The van der Waals surface area contributed by atoms with Gasteiger partial charge in [-0.2, -0.15) is 0 Å². The zero-order valence-corrected chi connectivity index (χ0v) is 12.5. The van der Waals surface area contributed by atoms with Gasteiger partial charge in [0.05, 0.1) is 5.69 Å². The van der Waals surface area contributed by atoms with Crippen LogP contribution in [0.4, 0.5) is 0 Å². The molecule has 1 aliphatic rings. The second-order valence-electron chi connectivity index (χ2n) is 6.16. The van der Waals surface area contributed by atoms with Crippen molar-refractivity contribution in [2.45, 2.75) is 52.0 Å². The Morgan fingerprint density at radius 3 is 2.83 bits per heavy atom. The number of aromatic nitrogens is 1. The molecule has 1 aromatic heterocycles. The second-order valence-corrected chi connectivity index (χ2v) is 7.10. The fourth-order valence-electron chi connectivity index (χ4n) is 2.16. The number of nitrogens with one attached hydrogen (secondary N) is 1. The second kappa shape index (κ2) is 5.98. The summed E-state index contributed by atoms with van der Waals surface area (Å²) in [5.74, 6) is 0.817. The van der Waals surface area contributed by atoms with Crippen molar-refractivity contribution in [1.29, 1.82) is 0 Å². The Morgan fingerprint density at radius 1 is 1.39 bits per heavy atom. The molecule has 2 rings (SSSR count). The van der Waals surface area contributed by atoms with E-state index in [0.29, 0.717) is 0 Å². The highest BCUT2D eigenvalue weighted by Crippen LogP contribution is 2.24. The van der Waals surface area contributed by atoms with Crippen LogP contribution in [0, 0.1) is 5.92 Å². The summed E-state index contributed by atoms with van der Waals surface area (Å²) in [7, 11) is 0. The van der Waals surface area contributed by atoms with E-state index in [4.69, 9.17) is 4.98 Å². The van der Waals surface area contributed by atoms with Crippen molar-refractivity contribution < 1.29 is 0 Å². The van der Waals surface area contributed by atoms with Crippen molar-refractivity contribution >= 4 is 11.3 Å². The highest BCUT2D eigenvalue weighted by atomic mass is 32.1. The SMILES string of the molecule is CC(C)(C)c1csc(CNCC2CC=CCC2)n1. The van der Waals surface area contributed by atoms with Gasteiger partial charge in [-0.1, -0.05) is 32.9 Å². The Hall–Kier alpha value is -0.670. The van der Waals surface area contributed by atoms with Crippen LogP contribution < -0.4 is 5.32 Å². The molecule has 0 aromatic carbocycles. The number of thiazole rings is 1. The van der Waals surface area contributed by atoms with Crippen LogP contribution in [-0.4, -0.2) is 11.5 Å². The molecule has 2 nitrogen and oxygen atoms in total. The molecule has 0 aliphatic heterocycles. The van der Waals surface area contributed by atoms with E-state index in [2.05, 4.69) is 43.6 Å². The third-order valence-corrected chi connectivity index (χ3v) is 4.26. The number of hydrogen-bond donors (Lipinski definition) is 1. The summed E-state index contributed by atoms with van der Waals surface area (Å²) in [6.07, 6.45) is 8.42. The van der Waals surface area contributed by atoms with Crippen LogP contribution in [0.1, 0.15) is 50.7 Å². The van der Waals surface area contributed by atoms with E-state index in [0.717, 1.165) is 19.0 Å². The van der Waals surface area contributed by atoms with Gasteiger partial charge in [-0.15, -0.1) is 11.3 Å². The van der Waals surface area contributed by atoms with E-state index in [-0.39, 0.29) is 5.41 Å². The summed E-state index contributed by atoms with van der Waals surface area (Å²) in [6, 6.07) is 0. The lowest BCUT2D eigenvalue weighted by Crippen LogP contribution is -2.23. The summed E-state index contributed by atoms with van der Waals surface area (Å²) in [5.41, 5.74) is 1.38. The monoisotopic (exact) mass is 264 g/mol. The van der Waals surface area contributed by atoms with Crippen LogP contribution in [0.2, 0.25) is 0 Å². The Bertz CT molecular complexity index is 401. The predicted octanol–water partition coefficient (Wildman–Crippen LogP) is 3.89. The lowest BCUT2D eigenvalue weighted by molar-refractivity contribution is 0.440. The zero-order valence-electron chi connectivity index (χ0n) is 11.7.